The summed E-state index contributed by atoms with van der Waals surface area (Å²) in [6.45, 7) is 6.68. The van der Waals surface area contributed by atoms with Gasteiger partial charge in [0.1, 0.15) is 11.5 Å². The molecule has 0 amide bonds. The Morgan fingerprint density at radius 1 is 1.12 bits per heavy atom. The number of benzene rings is 1. The Kier molecular flexibility index (Phi) is 11.4. The molecule has 1 unspecified atom stereocenters. The van der Waals surface area contributed by atoms with Crippen LogP contribution in [-0.2, 0) is 6.54 Å². The Labute approximate surface area is 160 Å². The van der Waals surface area contributed by atoms with Crippen molar-refractivity contribution in [3.05, 3.63) is 46.7 Å². The van der Waals surface area contributed by atoms with Crippen LogP contribution in [0.25, 0.3) is 11.3 Å². The third-order valence-corrected chi connectivity index (χ3v) is 3.82. The van der Waals surface area contributed by atoms with Crippen molar-refractivity contribution in [3.63, 3.8) is 0 Å². The van der Waals surface area contributed by atoms with E-state index in [0.29, 0.717) is 13.1 Å². The van der Waals surface area contributed by atoms with E-state index in [4.69, 9.17) is 21.1 Å². The Bertz CT molecular complexity index is 603. The van der Waals surface area contributed by atoms with E-state index >= 15 is 0 Å². The van der Waals surface area contributed by atoms with Crippen molar-refractivity contribution in [1.82, 2.24) is 10.6 Å². The first kappa shape index (κ1) is 23.2. The molecule has 4 nitrogen and oxygen atoms in total. The molecule has 0 saturated heterocycles. The van der Waals surface area contributed by atoms with Crippen molar-refractivity contribution >= 4 is 36.4 Å². The maximum Gasteiger partial charge on any atom is 0.134 e. The molecular formula is C17H25Cl3N2O2. The number of aliphatic hydroxyl groups excluding tert-OH is 1. The van der Waals surface area contributed by atoms with Crippen LogP contribution in [0.4, 0.5) is 0 Å². The highest BCUT2D eigenvalue weighted by Crippen LogP contribution is 2.29. The Morgan fingerprint density at radius 3 is 2.54 bits per heavy atom. The van der Waals surface area contributed by atoms with Crippen LogP contribution in [0, 0.1) is 6.92 Å². The predicted octanol–water partition coefficient (Wildman–Crippen LogP) is 3.81. The lowest BCUT2D eigenvalue weighted by Crippen LogP contribution is -2.31. The summed E-state index contributed by atoms with van der Waals surface area (Å²) in [6, 6.07) is 9.77. The Morgan fingerprint density at radius 2 is 1.83 bits per heavy atom. The number of rotatable bonds is 8. The molecule has 7 heteroatoms. The van der Waals surface area contributed by atoms with Crippen molar-refractivity contribution in [2.24, 2.45) is 0 Å². The summed E-state index contributed by atoms with van der Waals surface area (Å²) in [7, 11) is 0. The summed E-state index contributed by atoms with van der Waals surface area (Å²) >= 11 is 6.15. The lowest BCUT2D eigenvalue weighted by molar-refractivity contribution is 0.191. The number of halogens is 3. The van der Waals surface area contributed by atoms with E-state index in [9.17, 15) is 0 Å². The second-order valence-corrected chi connectivity index (χ2v) is 5.82. The SMILES string of the molecule is Cc1c(Cl)cccc1-c1ccc(CNCCNCC(C)O)o1.Cl.Cl. The average molecular weight is 396 g/mol. The summed E-state index contributed by atoms with van der Waals surface area (Å²) in [5.41, 5.74) is 2.05. The van der Waals surface area contributed by atoms with Crippen LogP contribution in [0.5, 0.6) is 0 Å². The normalized spacial score (nSPS) is 11.5. The van der Waals surface area contributed by atoms with E-state index < -0.39 is 0 Å². The maximum absolute atomic E-state index is 9.13. The van der Waals surface area contributed by atoms with Gasteiger partial charge in [-0.25, -0.2) is 0 Å². The standard InChI is InChI=1S/C17H23ClN2O2.2ClH/c1-12(21)10-19-8-9-20-11-14-6-7-17(22-14)15-4-3-5-16(18)13(15)2;;/h3-7,12,19-21H,8-11H2,1-2H3;2*1H. The molecule has 1 aromatic heterocycles. The van der Waals surface area contributed by atoms with Gasteiger partial charge in [-0.05, 0) is 37.6 Å². The van der Waals surface area contributed by atoms with Gasteiger partial charge in [0, 0.05) is 30.2 Å². The van der Waals surface area contributed by atoms with Gasteiger partial charge in [0.05, 0.1) is 12.6 Å². The molecular weight excluding hydrogens is 371 g/mol. The summed E-state index contributed by atoms with van der Waals surface area (Å²) in [5.74, 6) is 1.73. The number of nitrogens with one attached hydrogen (secondary N) is 2. The van der Waals surface area contributed by atoms with Gasteiger partial charge in [0.15, 0.2) is 0 Å². The number of furan rings is 1. The van der Waals surface area contributed by atoms with Gasteiger partial charge < -0.3 is 20.2 Å². The number of hydrogen-bond donors (Lipinski definition) is 3. The van der Waals surface area contributed by atoms with Crippen molar-refractivity contribution in [2.45, 2.75) is 26.5 Å². The highest BCUT2D eigenvalue weighted by atomic mass is 35.5. The van der Waals surface area contributed by atoms with E-state index in [1.54, 1.807) is 6.92 Å². The first-order chi connectivity index (χ1) is 10.6. The minimum atomic E-state index is -0.312. The summed E-state index contributed by atoms with van der Waals surface area (Å²) in [5, 5.41) is 16.3. The van der Waals surface area contributed by atoms with E-state index in [0.717, 1.165) is 40.8 Å². The summed E-state index contributed by atoms with van der Waals surface area (Å²) in [6.07, 6.45) is -0.312. The molecule has 1 heterocycles. The fourth-order valence-corrected chi connectivity index (χ4v) is 2.37. The quantitative estimate of drug-likeness (QED) is 0.595. The molecule has 1 aromatic carbocycles. The average Bonchev–Trinajstić information content (AvgIpc) is 2.94. The molecule has 2 aromatic rings. The molecule has 0 spiro atoms. The van der Waals surface area contributed by atoms with Gasteiger partial charge in [-0.15, -0.1) is 24.8 Å². The molecule has 136 valence electrons. The Hall–Kier alpha value is -0.750. The van der Waals surface area contributed by atoms with E-state index in [1.165, 1.54) is 0 Å². The highest BCUT2D eigenvalue weighted by Gasteiger charge is 2.09. The second kappa shape index (κ2) is 11.7. The zero-order chi connectivity index (χ0) is 15.9. The van der Waals surface area contributed by atoms with Gasteiger partial charge in [-0.1, -0.05) is 23.7 Å². The van der Waals surface area contributed by atoms with Crippen LogP contribution in [0.3, 0.4) is 0 Å². The molecule has 0 aliphatic heterocycles. The van der Waals surface area contributed by atoms with E-state index in [1.807, 2.05) is 37.3 Å². The van der Waals surface area contributed by atoms with Gasteiger partial charge in [-0.3, -0.25) is 0 Å². The molecule has 0 bridgehead atoms. The number of aliphatic hydroxyl groups is 1. The van der Waals surface area contributed by atoms with Crippen LogP contribution in [-0.4, -0.2) is 30.8 Å². The molecule has 24 heavy (non-hydrogen) atoms. The molecule has 1 atom stereocenters. The summed E-state index contributed by atoms with van der Waals surface area (Å²) < 4.78 is 5.87. The van der Waals surface area contributed by atoms with Crippen LogP contribution in [0.15, 0.2) is 34.7 Å². The third kappa shape index (κ3) is 7.01. The van der Waals surface area contributed by atoms with Crippen molar-refractivity contribution in [3.8, 4) is 11.3 Å². The number of hydrogen-bond acceptors (Lipinski definition) is 4. The lowest BCUT2D eigenvalue weighted by Gasteiger charge is -2.07. The molecule has 0 fully saturated rings. The van der Waals surface area contributed by atoms with Gasteiger partial charge in [-0.2, -0.15) is 0 Å². The van der Waals surface area contributed by atoms with E-state index in [-0.39, 0.29) is 30.9 Å². The first-order valence-corrected chi connectivity index (χ1v) is 7.89. The van der Waals surface area contributed by atoms with Crippen LogP contribution >= 0.6 is 36.4 Å². The zero-order valence-corrected chi connectivity index (χ0v) is 16.2. The molecule has 0 saturated carbocycles. The highest BCUT2D eigenvalue weighted by molar-refractivity contribution is 6.31. The fraction of sp³-hybridized carbons (Fsp3) is 0.412. The predicted molar refractivity (Wildman–Crippen MR) is 105 cm³/mol. The maximum atomic E-state index is 9.13. The third-order valence-electron chi connectivity index (χ3n) is 3.41. The molecule has 0 radical (unpaired) electrons. The molecule has 0 aliphatic carbocycles. The van der Waals surface area contributed by atoms with Crippen LogP contribution in [0.2, 0.25) is 5.02 Å². The largest absolute Gasteiger partial charge is 0.460 e. The Balaban J connectivity index is 0.00000264. The van der Waals surface area contributed by atoms with Crippen LogP contribution in [0.1, 0.15) is 18.2 Å². The fourth-order valence-electron chi connectivity index (χ4n) is 2.19. The van der Waals surface area contributed by atoms with Gasteiger partial charge >= 0.3 is 0 Å². The molecule has 2 rings (SSSR count). The van der Waals surface area contributed by atoms with Gasteiger partial charge in [0.2, 0.25) is 0 Å². The zero-order valence-electron chi connectivity index (χ0n) is 13.8. The smallest absolute Gasteiger partial charge is 0.134 e. The van der Waals surface area contributed by atoms with Crippen molar-refractivity contribution in [1.29, 1.82) is 0 Å². The van der Waals surface area contributed by atoms with E-state index in [2.05, 4.69) is 10.6 Å². The topological polar surface area (TPSA) is 57.4 Å². The molecule has 3 N–H and O–H groups in total. The minimum absolute atomic E-state index is 0. The van der Waals surface area contributed by atoms with Crippen LogP contribution < -0.4 is 10.6 Å². The van der Waals surface area contributed by atoms with Crippen molar-refractivity contribution in [2.75, 3.05) is 19.6 Å². The van der Waals surface area contributed by atoms with Crippen molar-refractivity contribution < 1.29 is 9.52 Å². The summed E-state index contributed by atoms with van der Waals surface area (Å²) in [4.78, 5) is 0. The van der Waals surface area contributed by atoms with Gasteiger partial charge in [0.25, 0.3) is 0 Å². The second-order valence-electron chi connectivity index (χ2n) is 5.41. The monoisotopic (exact) mass is 394 g/mol. The lowest BCUT2D eigenvalue weighted by atomic mass is 10.1. The first-order valence-electron chi connectivity index (χ1n) is 7.51. The molecule has 0 aliphatic rings. The minimum Gasteiger partial charge on any atom is -0.460 e.